The summed E-state index contributed by atoms with van der Waals surface area (Å²) in [6.07, 6.45) is 3.36. The molecule has 0 N–H and O–H groups in total. The van der Waals surface area contributed by atoms with E-state index in [4.69, 9.17) is 9.47 Å². The van der Waals surface area contributed by atoms with Gasteiger partial charge in [-0.2, -0.15) is 0 Å². The van der Waals surface area contributed by atoms with Crippen molar-refractivity contribution in [3.05, 3.63) is 42.0 Å². The summed E-state index contributed by atoms with van der Waals surface area (Å²) in [6.45, 7) is 3.82. The maximum absolute atomic E-state index is 12.9. The van der Waals surface area contributed by atoms with Crippen molar-refractivity contribution < 1.29 is 23.9 Å². The summed E-state index contributed by atoms with van der Waals surface area (Å²) >= 11 is 0. The summed E-state index contributed by atoms with van der Waals surface area (Å²) in [5.41, 5.74) is -0.0150. The average Bonchev–Trinajstić information content (AvgIpc) is 3.17. The lowest BCUT2D eigenvalue weighted by molar-refractivity contribution is -0.126. The van der Waals surface area contributed by atoms with Crippen LogP contribution in [0.1, 0.15) is 24.2 Å². The van der Waals surface area contributed by atoms with Crippen LogP contribution in [0, 0.1) is 11.8 Å². The number of benzene rings is 1. The molecule has 1 aromatic carbocycles. The first-order valence-corrected chi connectivity index (χ1v) is 7.98. The van der Waals surface area contributed by atoms with Crippen LogP contribution in [-0.2, 0) is 19.1 Å². The first-order chi connectivity index (χ1) is 11.5. The van der Waals surface area contributed by atoms with E-state index in [1.165, 1.54) is 11.0 Å². The first kappa shape index (κ1) is 15.1. The Kier molecular flexibility index (Phi) is 3.15. The quantitative estimate of drug-likeness (QED) is 0.480. The van der Waals surface area contributed by atoms with Gasteiger partial charge in [-0.15, -0.1) is 0 Å². The van der Waals surface area contributed by atoms with Crippen LogP contribution < -0.4 is 4.90 Å². The number of nitrogens with zero attached hydrogens (tertiary/aromatic N) is 1. The fraction of sp³-hybridized carbons (Fsp3) is 0.389. The molecule has 0 saturated carbocycles. The number of hydrogen-bond donors (Lipinski definition) is 0. The third-order valence-electron chi connectivity index (χ3n) is 4.94. The van der Waals surface area contributed by atoms with Gasteiger partial charge in [0.15, 0.2) is 0 Å². The van der Waals surface area contributed by atoms with Gasteiger partial charge in [-0.25, -0.2) is 9.69 Å². The molecule has 2 fully saturated rings. The van der Waals surface area contributed by atoms with Crippen molar-refractivity contribution in [2.75, 3.05) is 11.5 Å². The Morgan fingerprint density at radius 3 is 2.83 bits per heavy atom. The van der Waals surface area contributed by atoms with Crippen LogP contribution in [0.4, 0.5) is 5.69 Å². The second-order valence-electron chi connectivity index (χ2n) is 6.41. The van der Waals surface area contributed by atoms with Crippen molar-refractivity contribution in [3.63, 3.8) is 0 Å². The number of carbonyl (C=O) groups is 3. The molecule has 3 aliphatic rings. The van der Waals surface area contributed by atoms with Gasteiger partial charge in [-0.1, -0.05) is 18.2 Å². The molecule has 1 aromatic rings. The van der Waals surface area contributed by atoms with Gasteiger partial charge in [0.25, 0.3) is 0 Å². The summed E-state index contributed by atoms with van der Waals surface area (Å²) in [5.74, 6) is -2.02. The van der Waals surface area contributed by atoms with Gasteiger partial charge in [0, 0.05) is 0 Å². The predicted octanol–water partition coefficient (Wildman–Crippen LogP) is 1.70. The second kappa shape index (κ2) is 5.01. The Labute approximate surface area is 139 Å². The maximum atomic E-state index is 12.9. The number of imide groups is 1. The minimum atomic E-state index is -0.727. The van der Waals surface area contributed by atoms with Crippen molar-refractivity contribution in [3.8, 4) is 0 Å². The van der Waals surface area contributed by atoms with E-state index in [0.29, 0.717) is 11.3 Å². The lowest BCUT2D eigenvalue weighted by Crippen LogP contribution is -2.38. The van der Waals surface area contributed by atoms with Crippen molar-refractivity contribution in [2.45, 2.75) is 25.6 Å². The summed E-state index contributed by atoms with van der Waals surface area (Å²) < 4.78 is 10.8. The van der Waals surface area contributed by atoms with E-state index in [9.17, 15) is 14.4 Å². The Bertz CT molecular complexity index is 785. The zero-order chi connectivity index (χ0) is 17.1. The normalized spacial score (nSPS) is 33.2. The molecule has 124 valence electrons. The highest BCUT2D eigenvalue weighted by atomic mass is 16.5. The van der Waals surface area contributed by atoms with Crippen LogP contribution in [0.3, 0.4) is 0 Å². The minimum Gasteiger partial charge on any atom is -0.462 e. The zero-order valence-corrected chi connectivity index (χ0v) is 13.4. The monoisotopic (exact) mass is 327 g/mol. The number of carbonyl (C=O) groups excluding carboxylic acids is 3. The molecule has 0 aliphatic carbocycles. The summed E-state index contributed by atoms with van der Waals surface area (Å²) in [4.78, 5) is 38.8. The molecule has 6 nitrogen and oxygen atoms in total. The highest BCUT2D eigenvalue weighted by molar-refractivity contribution is 6.23. The fourth-order valence-electron chi connectivity index (χ4n) is 3.89. The SMILES string of the molecule is CCOC(=O)c1cccc(N2C(=O)C3C4C=CC(C)(O4)C3C2=O)c1. The van der Waals surface area contributed by atoms with Gasteiger partial charge in [-0.05, 0) is 32.0 Å². The van der Waals surface area contributed by atoms with Gasteiger partial charge in [0.05, 0.1) is 41.4 Å². The highest BCUT2D eigenvalue weighted by Crippen LogP contribution is 2.52. The Morgan fingerprint density at radius 1 is 1.33 bits per heavy atom. The van der Waals surface area contributed by atoms with E-state index in [2.05, 4.69) is 0 Å². The smallest absolute Gasteiger partial charge is 0.338 e. The predicted molar refractivity (Wildman–Crippen MR) is 84.3 cm³/mol. The van der Waals surface area contributed by atoms with E-state index in [1.807, 2.05) is 19.1 Å². The molecule has 3 heterocycles. The summed E-state index contributed by atoms with van der Waals surface area (Å²) in [6, 6.07) is 6.41. The van der Waals surface area contributed by atoms with Gasteiger partial charge in [0.1, 0.15) is 0 Å². The molecule has 2 amide bonds. The number of hydrogen-bond acceptors (Lipinski definition) is 5. The van der Waals surface area contributed by atoms with Crippen LogP contribution in [0.25, 0.3) is 0 Å². The Balaban J connectivity index is 1.69. The lowest BCUT2D eigenvalue weighted by Gasteiger charge is -2.24. The molecule has 2 saturated heterocycles. The molecule has 4 atom stereocenters. The number of fused-ring (bicyclic) bond motifs is 5. The number of anilines is 1. The topological polar surface area (TPSA) is 72.9 Å². The summed E-state index contributed by atoms with van der Waals surface area (Å²) in [5, 5.41) is 0. The number of ether oxygens (including phenoxy) is 2. The molecule has 2 bridgehead atoms. The Morgan fingerprint density at radius 2 is 2.12 bits per heavy atom. The van der Waals surface area contributed by atoms with Crippen LogP contribution in [0.15, 0.2) is 36.4 Å². The molecule has 6 heteroatoms. The van der Waals surface area contributed by atoms with Crippen molar-refractivity contribution in [2.24, 2.45) is 11.8 Å². The molecule has 24 heavy (non-hydrogen) atoms. The molecule has 0 spiro atoms. The Hall–Kier alpha value is -2.47. The van der Waals surface area contributed by atoms with E-state index in [1.54, 1.807) is 25.1 Å². The maximum Gasteiger partial charge on any atom is 0.338 e. The van der Waals surface area contributed by atoms with Crippen LogP contribution >= 0.6 is 0 Å². The van der Waals surface area contributed by atoms with E-state index in [-0.39, 0.29) is 24.5 Å². The van der Waals surface area contributed by atoms with E-state index < -0.39 is 23.4 Å². The molecular formula is C18H17NO5. The molecule has 0 radical (unpaired) electrons. The van der Waals surface area contributed by atoms with E-state index >= 15 is 0 Å². The molecular weight excluding hydrogens is 310 g/mol. The highest BCUT2D eigenvalue weighted by Gasteiger charge is 2.66. The van der Waals surface area contributed by atoms with Gasteiger partial charge in [0.2, 0.25) is 11.8 Å². The third kappa shape index (κ3) is 1.89. The lowest BCUT2D eigenvalue weighted by atomic mass is 9.78. The summed E-state index contributed by atoms with van der Waals surface area (Å²) in [7, 11) is 0. The third-order valence-corrected chi connectivity index (χ3v) is 4.94. The largest absolute Gasteiger partial charge is 0.462 e. The van der Waals surface area contributed by atoms with Gasteiger partial charge < -0.3 is 9.47 Å². The van der Waals surface area contributed by atoms with Crippen molar-refractivity contribution in [1.29, 1.82) is 0 Å². The van der Waals surface area contributed by atoms with Gasteiger partial charge >= 0.3 is 5.97 Å². The van der Waals surface area contributed by atoms with Crippen LogP contribution in [0.5, 0.6) is 0 Å². The van der Waals surface area contributed by atoms with Crippen LogP contribution in [0.2, 0.25) is 0 Å². The number of esters is 1. The van der Waals surface area contributed by atoms with Crippen LogP contribution in [-0.4, -0.2) is 36.1 Å². The minimum absolute atomic E-state index is 0.262. The average molecular weight is 327 g/mol. The molecule has 4 unspecified atom stereocenters. The molecule has 0 aromatic heterocycles. The molecule has 3 aliphatic heterocycles. The van der Waals surface area contributed by atoms with Crippen molar-refractivity contribution >= 4 is 23.5 Å². The van der Waals surface area contributed by atoms with Crippen molar-refractivity contribution in [1.82, 2.24) is 0 Å². The first-order valence-electron chi connectivity index (χ1n) is 7.98. The number of amides is 2. The fourth-order valence-corrected chi connectivity index (χ4v) is 3.89. The van der Waals surface area contributed by atoms with E-state index in [0.717, 1.165) is 0 Å². The zero-order valence-electron chi connectivity index (χ0n) is 13.4. The second-order valence-corrected chi connectivity index (χ2v) is 6.41. The standard InChI is InChI=1S/C18H17NO5/c1-3-23-17(22)10-5-4-6-11(9-10)19-15(20)13-12-7-8-18(2,24-12)14(13)16(19)21/h4-9,12-14H,3H2,1-2H3. The molecule has 4 rings (SSSR count). The van der Waals surface area contributed by atoms with Gasteiger partial charge in [-0.3, -0.25) is 9.59 Å². The number of rotatable bonds is 3.